The molecule has 1 N–H and O–H groups in total. The second-order valence-electron chi connectivity index (χ2n) is 5.88. The van der Waals surface area contributed by atoms with Gasteiger partial charge in [0.2, 0.25) is 0 Å². The van der Waals surface area contributed by atoms with E-state index >= 15 is 0 Å². The number of fused-ring (bicyclic) bond motifs is 1. The van der Waals surface area contributed by atoms with E-state index in [9.17, 15) is 9.59 Å². The van der Waals surface area contributed by atoms with Crippen molar-refractivity contribution in [2.45, 2.75) is 26.3 Å². The second kappa shape index (κ2) is 6.64. The number of aromatic nitrogens is 1. The van der Waals surface area contributed by atoms with Crippen LogP contribution < -0.4 is 5.32 Å². The Bertz CT molecular complexity index is 688. The minimum atomic E-state index is -0.624. The summed E-state index contributed by atoms with van der Waals surface area (Å²) in [5.74, 6) is -0.402. The summed E-state index contributed by atoms with van der Waals surface area (Å²) in [6.07, 6.45) is 2.49. The summed E-state index contributed by atoms with van der Waals surface area (Å²) in [6, 6.07) is 6.87. The van der Waals surface area contributed by atoms with Crippen LogP contribution in [0.25, 0.3) is 10.9 Å². The molecule has 1 atom stereocenters. The number of esters is 1. The van der Waals surface area contributed by atoms with Crippen LogP contribution in [0.4, 0.5) is 0 Å². The third-order valence-electron chi connectivity index (χ3n) is 3.65. The number of amides is 1. The third-order valence-corrected chi connectivity index (χ3v) is 3.65. The predicted molar refractivity (Wildman–Crippen MR) is 85.6 cm³/mol. The van der Waals surface area contributed by atoms with Gasteiger partial charge in [-0.3, -0.25) is 4.79 Å². The summed E-state index contributed by atoms with van der Waals surface area (Å²) in [5, 5.41) is 3.84. The van der Waals surface area contributed by atoms with Crippen molar-refractivity contribution in [3.8, 4) is 0 Å². The van der Waals surface area contributed by atoms with E-state index in [-0.39, 0.29) is 11.8 Å². The number of aryl methyl sites for hydroxylation is 1. The average molecular weight is 302 g/mol. The number of hydrogen-bond acceptors (Lipinski definition) is 3. The molecule has 2 rings (SSSR count). The van der Waals surface area contributed by atoms with Crippen LogP contribution >= 0.6 is 0 Å². The Balaban J connectivity index is 2.20. The summed E-state index contributed by atoms with van der Waals surface area (Å²) >= 11 is 0. The standard InChI is InChI=1S/C17H22N2O3/c1-11(2)9-14(17(21)22-4)18-16(20)13-6-5-12-7-8-19(3)15(12)10-13/h5-8,10-11,14H,9H2,1-4H3,(H,18,20). The van der Waals surface area contributed by atoms with Crippen LogP contribution in [0.5, 0.6) is 0 Å². The summed E-state index contributed by atoms with van der Waals surface area (Å²) in [5.41, 5.74) is 1.51. The highest BCUT2D eigenvalue weighted by molar-refractivity contribution is 5.99. The van der Waals surface area contributed by atoms with Gasteiger partial charge in [-0.2, -0.15) is 0 Å². The minimum absolute atomic E-state index is 0.265. The van der Waals surface area contributed by atoms with Gasteiger partial charge in [-0.25, -0.2) is 4.79 Å². The van der Waals surface area contributed by atoms with Crippen LogP contribution in [0.2, 0.25) is 0 Å². The normalized spacial score (nSPS) is 12.4. The molecule has 0 bridgehead atoms. The molecule has 0 spiro atoms. The first-order chi connectivity index (χ1) is 10.4. The zero-order valence-corrected chi connectivity index (χ0v) is 13.4. The zero-order chi connectivity index (χ0) is 16.3. The first kappa shape index (κ1) is 16.1. The van der Waals surface area contributed by atoms with Gasteiger partial charge in [-0.1, -0.05) is 19.9 Å². The smallest absolute Gasteiger partial charge is 0.328 e. The minimum Gasteiger partial charge on any atom is -0.467 e. The highest BCUT2D eigenvalue weighted by Gasteiger charge is 2.23. The Morgan fingerprint density at radius 2 is 2.00 bits per heavy atom. The molecule has 0 fully saturated rings. The molecule has 1 amide bonds. The molecule has 1 unspecified atom stereocenters. The molecule has 1 heterocycles. The lowest BCUT2D eigenvalue weighted by Crippen LogP contribution is -2.42. The molecule has 1 aromatic carbocycles. The molecule has 0 saturated carbocycles. The number of nitrogens with one attached hydrogen (secondary N) is 1. The quantitative estimate of drug-likeness (QED) is 0.863. The van der Waals surface area contributed by atoms with Crippen LogP contribution in [-0.4, -0.2) is 29.6 Å². The van der Waals surface area contributed by atoms with Gasteiger partial charge >= 0.3 is 5.97 Å². The Hall–Kier alpha value is -2.30. The highest BCUT2D eigenvalue weighted by Crippen LogP contribution is 2.17. The van der Waals surface area contributed by atoms with Crippen molar-refractivity contribution in [3.63, 3.8) is 0 Å². The lowest BCUT2D eigenvalue weighted by atomic mass is 10.0. The molecule has 5 heteroatoms. The number of benzene rings is 1. The largest absolute Gasteiger partial charge is 0.467 e. The van der Waals surface area contributed by atoms with Crippen molar-refractivity contribution in [1.82, 2.24) is 9.88 Å². The van der Waals surface area contributed by atoms with Crippen molar-refractivity contribution in [3.05, 3.63) is 36.0 Å². The van der Waals surface area contributed by atoms with E-state index in [1.54, 1.807) is 6.07 Å². The van der Waals surface area contributed by atoms with Crippen molar-refractivity contribution >= 4 is 22.8 Å². The highest BCUT2D eigenvalue weighted by atomic mass is 16.5. The SMILES string of the molecule is COC(=O)C(CC(C)C)NC(=O)c1ccc2ccn(C)c2c1. The number of ether oxygens (including phenoxy) is 1. The maximum Gasteiger partial charge on any atom is 0.328 e. The zero-order valence-electron chi connectivity index (χ0n) is 13.4. The van der Waals surface area contributed by atoms with Gasteiger partial charge in [-0.15, -0.1) is 0 Å². The molecular formula is C17H22N2O3. The molecule has 2 aromatic rings. The summed E-state index contributed by atoms with van der Waals surface area (Å²) < 4.78 is 6.73. The predicted octanol–water partition coefficient (Wildman–Crippen LogP) is 2.50. The van der Waals surface area contributed by atoms with E-state index in [0.717, 1.165) is 10.9 Å². The van der Waals surface area contributed by atoms with Crippen molar-refractivity contribution < 1.29 is 14.3 Å². The Labute approximate surface area is 130 Å². The molecule has 0 aliphatic carbocycles. The molecular weight excluding hydrogens is 280 g/mol. The number of nitrogens with zero attached hydrogens (tertiary/aromatic N) is 1. The van der Waals surface area contributed by atoms with Gasteiger partial charge in [-0.05, 0) is 35.9 Å². The number of rotatable bonds is 5. The molecule has 0 aliphatic heterocycles. The molecule has 118 valence electrons. The fourth-order valence-electron chi connectivity index (χ4n) is 2.47. The Morgan fingerprint density at radius 1 is 1.27 bits per heavy atom. The first-order valence-corrected chi connectivity index (χ1v) is 7.36. The lowest BCUT2D eigenvalue weighted by molar-refractivity contribution is -0.143. The van der Waals surface area contributed by atoms with Gasteiger partial charge in [0.05, 0.1) is 7.11 Å². The van der Waals surface area contributed by atoms with E-state index in [0.29, 0.717) is 12.0 Å². The van der Waals surface area contributed by atoms with Gasteiger partial charge in [0.1, 0.15) is 6.04 Å². The van der Waals surface area contributed by atoms with E-state index in [2.05, 4.69) is 5.32 Å². The molecule has 5 nitrogen and oxygen atoms in total. The molecule has 22 heavy (non-hydrogen) atoms. The average Bonchev–Trinajstić information content (AvgIpc) is 2.86. The van der Waals surface area contributed by atoms with Crippen molar-refractivity contribution in [2.24, 2.45) is 13.0 Å². The molecule has 0 aliphatic rings. The monoisotopic (exact) mass is 302 g/mol. The van der Waals surface area contributed by atoms with E-state index in [1.165, 1.54) is 7.11 Å². The van der Waals surface area contributed by atoms with Crippen LogP contribution in [-0.2, 0) is 16.6 Å². The molecule has 0 radical (unpaired) electrons. The second-order valence-corrected chi connectivity index (χ2v) is 5.88. The van der Waals surface area contributed by atoms with Crippen molar-refractivity contribution in [1.29, 1.82) is 0 Å². The maximum atomic E-state index is 12.4. The first-order valence-electron chi connectivity index (χ1n) is 7.36. The van der Waals surface area contributed by atoms with Crippen molar-refractivity contribution in [2.75, 3.05) is 7.11 Å². The van der Waals surface area contributed by atoms with Crippen LogP contribution in [0.3, 0.4) is 0 Å². The van der Waals surface area contributed by atoms with E-state index in [4.69, 9.17) is 4.74 Å². The Morgan fingerprint density at radius 3 is 2.64 bits per heavy atom. The van der Waals surface area contributed by atoms with Gasteiger partial charge in [0, 0.05) is 24.3 Å². The van der Waals surface area contributed by atoms with Crippen LogP contribution in [0.15, 0.2) is 30.5 Å². The van der Waals surface area contributed by atoms with Gasteiger partial charge in [0.15, 0.2) is 0 Å². The fourth-order valence-corrected chi connectivity index (χ4v) is 2.47. The summed E-state index contributed by atoms with van der Waals surface area (Å²) in [7, 11) is 3.26. The lowest BCUT2D eigenvalue weighted by Gasteiger charge is -2.18. The van der Waals surface area contributed by atoms with E-state index in [1.807, 2.05) is 49.9 Å². The molecule has 1 aromatic heterocycles. The number of carbonyl (C=O) groups is 2. The van der Waals surface area contributed by atoms with Crippen LogP contribution in [0, 0.1) is 5.92 Å². The summed E-state index contributed by atoms with van der Waals surface area (Å²) in [6.45, 7) is 4.00. The third kappa shape index (κ3) is 3.47. The molecule has 0 saturated heterocycles. The maximum absolute atomic E-state index is 12.4. The number of methoxy groups -OCH3 is 1. The topological polar surface area (TPSA) is 60.3 Å². The van der Waals surface area contributed by atoms with Gasteiger partial charge < -0.3 is 14.6 Å². The number of hydrogen-bond donors (Lipinski definition) is 1. The Kier molecular flexibility index (Phi) is 4.85. The summed E-state index contributed by atoms with van der Waals surface area (Å²) in [4.78, 5) is 24.2. The van der Waals surface area contributed by atoms with Crippen LogP contribution in [0.1, 0.15) is 30.6 Å². The fraction of sp³-hybridized carbons (Fsp3) is 0.412. The number of carbonyl (C=O) groups excluding carboxylic acids is 2. The van der Waals surface area contributed by atoms with Gasteiger partial charge in [0.25, 0.3) is 5.91 Å². The van der Waals surface area contributed by atoms with E-state index < -0.39 is 12.0 Å².